The molecular weight excluding hydrogens is 331 g/mol. The SMILES string of the molecule is CC1CN(C(=O)c2cc(F)ccc2[N+](=O)[O-])CCC1Br. The van der Waals surface area contributed by atoms with Gasteiger partial charge in [0.2, 0.25) is 0 Å². The Labute approximate surface area is 124 Å². The summed E-state index contributed by atoms with van der Waals surface area (Å²) >= 11 is 3.53. The summed E-state index contributed by atoms with van der Waals surface area (Å²) in [5.41, 5.74) is -0.541. The van der Waals surface area contributed by atoms with Gasteiger partial charge < -0.3 is 4.90 Å². The van der Waals surface area contributed by atoms with Crippen molar-refractivity contribution >= 4 is 27.5 Å². The third-order valence-electron chi connectivity index (χ3n) is 3.47. The number of likely N-dealkylation sites (tertiary alicyclic amines) is 1. The van der Waals surface area contributed by atoms with Crippen LogP contribution in [0.1, 0.15) is 23.7 Å². The highest BCUT2D eigenvalue weighted by Crippen LogP contribution is 2.27. The molecule has 1 aliphatic heterocycles. The minimum Gasteiger partial charge on any atom is -0.338 e. The van der Waals surface area contributed by atoms with Gasteiger partial charge in [-0.1, -0.05) is 22.9 Å². The third-order valence-corrected chi connectivity index (χ3v) is 4.83. The van der Waals surface area contributed by atoms with Crippen molar-refractivity contribution in [3.63, 3.8) is 0 Å². The van der Waals surface area contributed by atoms with Crippen LogP contribution >= 0.6 is 15.9 Å². The van der Waals surface area contributed by atoms with Crippen LogP contribution in [0.15, 0.2) is 18.2 Å². The fourth-order valence-corrected chi connectivity index (χ4v) is 2.68. The van der Waals surface area contributed by atoms with Crippen molar-refractivity contribution in [2.45, 2.75) is 18.2 Å². The van der Waals surface area contributed by atoms with Gasteiger partial charge in [-0.2, -0.15) is 0 Å². The minimum absolute atomic E-state index is 0.185. The Morgan fingerprint density at radius 1 is 1.55 bits per heavy atom. The molecule has 1 saturated heterocycles. The fraction of sp³-hybridized carbons (Fsp3) is 0.462. The van der Waals surface area contributed by atoms with E-state index in [0.717, 1.165) is 24.6 Å². The molecule has 2 atom stereocenters. The molecule has 108 valence electrons. The molecule has 2 unspecified atom stereocenters. The Morgan fingerprint density at radius 2 is 2.25 bits per heavy atom. The van der Waals surface area contributed by atoms with E-state index in [0.29, 0.717) is 17.9 Å². The lowest BCUT2D eigenvalue weighted by Gasteiger charge is -2.34. The van der Waals surface area contributed by atoms with Gasteiger partial charge in [-0.3, -0.25) is 14.9 Å². The second-order valence-electron chi connectivity index (χ2n) is 4.95. The Bertz CT molecular complexity index is 552. The third kappa shape index (κ3) is 2.98. The second-order valence-corrected chi connectivity index (χ2v) is 6.13. The number of benzene rings is 1. The molecule has 7 heteroatoms. The molecule has 0 saturated carbocycles. The van der Waals surface area contributed by atoms with Crippen molar-refractivity contribution in [2.24, 2.45) is 5.92 Å². The molecule has 0 aliphatic carbocycles. The lowest BCUT2D eigenvalue weighted by atomic mass is 9.99. The van der Waals surface area contributed by atoms with Crippen LogP contribution in [0.25, 0.3) is 0 Å². The summed E-state index contributed by atoms with van der Waals surface area (Å²) in [6, 6.07) is 2.96. The zero-order valence-corrected chi connectivity index (χ0v) is 12.5. The molecule has 1 fully saturated rings. The van der Waals surface area contributed by atoms with Crippen LogP contribution in [0.5, 0.6) is 0 Å². The highest BCUT2D eigenvalue weighted by molar-refractivity contribution is 9.09. The number of alkyl halides is 1. The summed E-state index contributed by atoms with van der Waals surface area (Å²) in [5, 5.41) is 10.9. The topological polar surface area (TPSA) is 63.5 Å². The van der Waals surface area contributed by atoms with E-state index in [1.807, 2.05) is 6.92 Å². The molecule has 0 aromatic heterocycles. The zero-order valence-electron chi connectivity index (χ0n) is 10.9. The highest BCUT2D eigenvalue weighted by atomic mass is 79.9. The first-order valence-corrected chi connectivity index (χ1v) is 7.19. The van der Waals surface area contributed by atoms with E-state index in [1.54, 1.807) is 4.90 Å². The standard InChI is InChI=1S/C13H14BrFN2O3/c1-8-7-16(5-4-11(8)14)13(18)10-6-9(15)2-3-12(10)17(19)20/h2-3,6,8,11H,4-5,7H2,1H3. The second kappa shape index (κ2) is 5.87. The first-order valence-electron chi connectivity index (χ1n) is 6.27. The smallest absolute Gasteiger partial charge is 0.282 e. The van der Waals surface area contributed by atoms with Gasteiger partial charge in [0.05, 0.1) is 4.92 Å². The van der Waals surface area contributed by atoms with E-state index < -0.39 is 16.6 Å². The molecule has 1 aromatic rings. The summed E-state index contributed by atoms with van der Waals surface area (Å²) in [7, 11) is 0. The summed E-state index contributed by atoms with van der Waals surface area (Å²) in [6.07, 6.45) is 0.774. The molecule has 0 bridgehead atoms. The summed E-state index contributed by atoms with van der Waals surface area (Å²) in [4.78, 5) is 24.5. The monoisotopic (exact) mass is 344 g/mol. The van der Waals surface area contributed by atoms with Gasteiger partial charge in [-0.05, 0) is 24.5 Å². The first kappa shape index (κ1) is 14.9. The first-order chi connectivity index (χ1) is 9.40. The van der Waals surface area contributed by atoms with Crippen LogP contribution in [0.4, 0.5) is 10.1 Å². The lowest BCUT2D eigenvalue weighted by molar-refractivity contribution is -0.385. The molecule has 0 spiro atoms. The van der Waals surface area contributed by atoms with Crippen LogP contribution in [0, 0.1) is 21.8 Å². The minimum atomic E-state index is -0.659. The Hall–Kier alpha value is -1.50. The van der Waals surface area contributed by atoms with E-state index in [1.165, 1.54) is 0 Å². The summed E-state index contributed by atoms with van der Waals surface area (Å²) in [5.74, 6) is -0.884. The Kier molecular flexibility index (Phi) is 4.37. The maximum absolute atomic E-state index is 13.3. The number of carbonyl (C=O) groups excluding carboxylic acids is 1. The number of rotatable bonds is 2. The van der Waals surface area contributed by atoms with Gasteiger partial charge >= 0.3 is 0 Å². The Balaban J connectivity index is 2.29. The molecule has 1 aliphatic rings. The molecule has 0 N–H and O–H groups in total. The van der Waals surface area contributed by atoms with E-state index in [2.05, 4.69) is 15.9 Å². The number of nitrogens with zero attached hydrogens (tertiary/aromatic N) is 2. The predicted molar refractivity (Wildman–Crippen MR) is 75.5 cm³/mol. The van der Waals surface area contributed by atoms with Gasteiger partial charge in [0, 0.05) is 24.0 Å². The van der Waals surface area contributed by atoms with Gasteiger partial charge in [0.25, 0.3) is 11.6 Å². The number of hydrogen-bond donors (Lipinski definition) is 0. The number of hydrogen-bond acceptors (Lipinski definition) is 3. The largest absolute Gasteiger partial charge is 0.338 e. The lowest BCUT2D eigenvalue weighted by Crippen LogP contribution is -2.43. The number of amides is 1. The van der Waals surface area contributed by atoms with Crippen molar-refractivity contribution in [3.8, 4) is 0 Å². The fourth-order valence-electron chi connectivity index (χ4n) is 2.31. The molecule has 2 rings (SSSR count). The van der Waals surface area contributed by atoms with Gasteiger partial charge in [-0.15, -0.1) is 0 Å². The summed E-state index contributed by atoms with van der Waals surface area (Å²) in [6.45, 7) is 3.01. The molecule has 1 aromatic carbocycles. The van der Waals surface area contributed by atoms with Gasteiger partial charge in [-0.25, -0.2) is 4.39 Å². The molecule has 5 nitrogen and oxygen atoms in total. The van der Waals surface area contributed by atoms with Crippen molar-refractivity contribution in [3.05, 3.63) is 39.7 Å². The van der Waals surface area contributed by atoms with Crippen molar-refractivity contribution in [1.82, 2.24) is 4.90 Å². The van der Waals surface area contributed by atoms with Crippen LogP contribution in [-0.4, -0.2) is 33.6 Å². The van der Waals surface area contributed by atoms with Crippen LogP contribution in [0.3, 0.4) is 0 Å². The number of halogens is 2. The number of nitro benzene ring substituents is 1. The maximum Gasteiger partial charge on any atom is 0.282 e. The molecule has 20 heavy (non-hydrogen) atoms. The highest BCUT2D eigenvalue weighted by Gasteiger charge is 2.31. The van der Waals surface area contributed by atoms with E-state index in [-0.39, 0.29) is 17.2 Å². The van der Waals surface area contributed by atoms with Crippen molar-refractivity contribution in [2.75, 3.05) is 13.1 Å². The number of nitro groups is 1. The zero-order chi connectivity index (χ0) is 14.9. The quantitative estimate of drug-likeness (QED) is 0.470. The van der Waals surface area contributed by atoms with E-state index in [9.17, 15) is 19.3 Å². The van der Waals surface area contributed by atoms with Crippen LogP contribution in [0.2, 0.25) is 0 Å². The average molecular weight is 345 g/mol. The number of piperidine rings is 1. The maximum atomic E-state index is 13.3. The molecule has 0 radical (unpaired) electrons. The van der Waals surface area contributed by atoms with E-state index >= 15 is 0 Å². The number of carbonyl (C=O) groups is 1. The molecule has 1 heterocycles. The van der Waals surface area contributed by atoms with Gasteiger partial charge in [0.15, 0.2) is 0 Å². The molecule has 1 amide bonds. The van der Waals surface area contributed by atoms with E-state index in [4.69, 9.17) is 0 Å². The molecular formula is C13H14BrFN2O3. The Morgan fingerprint density at radius 3 is 2.85 bits per heavy atom. The summed E-state index contributed by atoms with van der Waals surface area (Å²) < 4.78 is 13.3. The normalized spacial score (nSPS) is 22.6. The predicted octanol–water partition coefficient (Wildman–Crippen LogP) is 2.98. The van der Waals surface area contributed by atoms with Gasteiger partial charge in [0.1, 0.15) is 11.4 Å². The van der Waals surface area contributed by atoms with Crippen molar-refractivity contribution < 1.29 is 14.1 Å². The van der Waals surface area contributed by atoms with Crippen LogP contribution < -0.4 is 0 Å². The van der Waals surface area contributed by atoms with Crippen molar-refractivity contribution in [1.29, 1.82) is 0 Å². The average Bonchev–Trinajstić information content (AvgIpc) is 2.40. The van der Waals surface area contributed by atoms with Crippen LogP contribution in [-0.2, 0) is 0 Å².